The molecule has 1 aliphatic carbocycles. The number of hydrogen-bond acceptors (Lipinski definition) is 2. The van der Waals surface area contributed by atoms with Crippen LogP contribution in [0.2, 0.25) is 0 Å². The van der Waals surface area contributed by atoms with Gasteiger partial charge in [0, 0.05) is 19.1 Å². The molecule has 0 aromatic heterocycles. The van der Waals surface area contributed by atoms with Crippen LogP contribution in [-0.2, 0) is 0 Å². The van der Waals surface area contributed by atoms with Gasteiger partial charge in [0.1, 0.15) is 0 Å². The molecule has 2 heteroatoms. The lowest BCUT2D eigenvalue weighted by atomic mass is 9.68. The van der Waals surface area contributed by atoms with Crippen LogP contribution in [0.15, 0.2) is 0 Å². The van der Waals surface area contributed by atoms with Crippen LogP contribution >= 0.6 is 0 Å². The first kappa shape index (κ1) is 17.0. The molecule has 0 aliphatic heterocycles. The Hall–Kier alpha value is -0.0800. The summed E-state index contributed by atoms with van der Waals surface area (Å²) in [7, 11) is 0. The molecular formula is C17H36N2. The molecule has 0 saturated heterocycles. The third kappa shape index (κ3) is 4.75. The summed E-state index contributed by atoms with van der Waals surface area (Å²) in [5, 5.41) is 0. The van der Waals surface area contributed by atoms with Crippen molar-refractivity contribution >= 4 is 0 Å². The summed E-state index contributed by atoms with van der Waals surface area (Å²) in [5.41, 5.74) is 6.86. The van der Waals surface area contributed by atoms with Gasteiger partial charge in [-0.15, -0.1) is 0 Å². The molecule has 1 rings (SSSR count). The van der Waals surface area contributed by atoms with Gasteiger partial charge >= 0.3 is 0 Å². The minimum absolute atomic E-state index is 0.331. The summed E-state index contributed by atoms with van der Waals surface area (Å²) in [5.74, 6) is 1.55. The van der Waals surface area contributed by atoms with Gasteiger partial charge in [-0.3, -0.25) is 0 Å². The molecule has 2 atom stereocenters. The second kappa shape index (κ2) is 7.64. The molecule has 19 heavy (non-hydrogen) atoms. The van der Waals surface area contributed by atoms with Crippen LogP contribution in [0.1, 0.15) is 66.7 Å². The van der Waals surface area contributed by atoms with Crippen LogP contribution in [0, 0.1) is 17.3 Å². The van der Waals surface area contributed by atoms with Crippen molar-refractivity contribution in [3.05, 3.63) is 0 Å². The quantitative estimate of drug-likeness (QED) is 0.759. The minimum atomic E-state index is 0.331. The van der Waals surface area contributed by atoms with E-state index < -0.39 is 0 Å². The largest absolute Gasteiger partial charge is 0.327 e. The topological polar surface area (TPSA) is 29.3 Å². The average Bonchev–Trinajstić information content (AvgIpc) is 2.39. The Kier molecular flexibility index (Phi) is 6.82. The molecule has 2 unspecified atom stereocenters. The Bertz CT molecular complexity index is 246. The van der Waals surface area contributed by atoms with Crippen molar-refractivity contribution in [1.82, 2.24) is 4.90 Å². The fourth-order valence-electron chi connectivity index (χ4n) is 3.59. The number of nitrogens with zero attached hydrogens (tertiary/aromatic N) is 1. The Morgan fingerprint density at radius 2 is 1.84 bits per heavy atom. The van der Waals surface area contributed by atoms with E-state index in [1.54, 1.807) is 0 Å². The number of hydrogen-bond donors (Lipinski definition) is 1. The highest BCUT2D eigenvalue weighted by Gasteiger charge is 2.36. The van der Waals surface area contributed by atoms with Crippen molar-refractivity contribution in [2.45, 2.75) is 72.8 Å². The summed E-state index contributed by atoms with van der Waals surface area (Å²) in [6, 6.07) is 0.372. The first-order chi connectivity index (χ1) is 8.94. The molecular weight excluding hydrogens is 232 g/mol. The van der Waals surface area contributed by atoms with E-state index in [1.165, 1.54) is 51.7 Å². The van der Waals surface area contributed by atoms with Gasteiger partial charge in [-0.25, -0.2) is 0 Å². The Morgan fingerprint density at radius 3 is 2.37 bits per heavy atom. The first-order valence-corrected chi connectivity index (χ1v) is 8.42. The highest BCUT2D eigenvalue weighted by Crippen LogP contribution is 2.38. The van der Waals surface area contributed by atoms with Gasteiger partial charge in [0.05, 0.1) is 0 Å². The Labute approximate surface area is 121 Å². The van der Waals surface area contributed by atoms with Gasteiger partial charge in [-0.05, 0) is 36.6 Å². The maximum atomic E-state index is 6.53. The molecule has 1 fully saturated rings. The van der Waals surface area contributed by atoms with E-state index in [2.05, 4.69) is 39.5 Å². The van der Waals surface area contributed by atoms with Crippen molar-refractivity contribution in [3.63, 3.8) is 0 Å². The van der Waals surface area contributed by atoms with E-state index in [4.69, 9.17) is 5.73 Å². The van der Waals surface area contributed by atoms with Crippen molar-refractivity contribution in [2.24, 2.45) is 23.0 Å². The van der Waals surface area contributed by atoms with Gasteiger partial charge in [0.25, 0.3) is 0 Å². The second-order valence-corrected chi connectivity index (χ2v) is 7.20. The van der Waals surface area contributed by atoms with Crippen molar-refractivity contribution in [2.75, 3.05) is 19.6 Å². The zero-order valence-corrected chi connectivity index (χ0v) is 13.9. The minimum Gasteiger partial charge on any atom is -0.327 e. The van der Waals surface area contributed by atoms with Gasteiger partial charge in [-0.1, -0.05) is 53.9 Å². The van der Waals surface area contributed by atoms with E-state index in [9.17, 15) is 0 Å². The van der Waals surface area contributed by atoms with Gasteiger partial charge in [0.15, 0.2) is 0 Å². The Morgan fingerprint density at radius 1 is 1.21 bits per heavy atom. The zero-order chi connectivity index (χ0) is 14.5. The van der Waals surface area contributed by atoms with Crippen molar-refractivity contribution < 1.29 is 0 Å². The third-order valence-electron chi connectivity index (χ3n) is 5.42. The predicted molar refractivity (Wildman–Crippen MR) is 85.3 cm³/mol. The highest BCUT2D eigenvalue weighted by molar-refractivity contribution is 4.92. The lowest BCUT2D eigenvalue weighted by molar-refractivity contribution is 0.0967. The number of nitrogens with two attached hydrogens (primary N) is 1. The van der Waals surface area contributed by atoms with Gasteiger partial charge < -0.3 is 10.6 Å². The van der Waals surface area contributed by atoms with E-state index in [0.717, 1.165) is 5.92 Å². The van der Waals surface area contributed by atoms with Gasteiger partial charge in [-0.2, -0.15) is 0 Å². The molecule has 0 bridgehead atoms. The molecule has 0 heterocycles. The van der Waals surface area contributed by atoms with Crippen LogP contribution < -0.4 is 5.73 Å². The molecule has 0 amide bonds. The summed E-state index contributed by atoms with van der Waals surface area (Å²) in [6.07, 6.45) is 6.58. The average molecular weight is 268 g/mol. The van der Waals surface area contributed by atoms with E-state index in [1.807, 2.05) is 0 Å². The smallest absolute Gasteiger partial charge is 0.0131 e. The SMILES string of the molecule is CCC(CC)CN(CC)CC1CCCC(C)(C)C1N. The lowest BCUT2D eigenvalue weighted by Crippen LogP contribution is -2.50. The van der Waals surface area contributed by atoms with Crippen LogP contribution in [-0.4, -0.2) is 30.6 Å². The molecule has 2 N–H and O–H groups in total. The van der Waals surface area contributed by atoms with Crippen molar-refractivity contribution in [3.8, 4) is 0 Å². The fraction of sp³-hybridized carbons (Fsp3) is 1.00. The molecule has 0 spiro atoms. The maximum Gasteiger partial charge on any atom is 0.0131 e. The maximum absolute atomic E-state index is 6.53. The van der Waals surface area contributed by atoms with Gasteiger partial charge in [0.2, 0.25) is 0 Å². The van der Waals surface area contributed by atoms with Crippen LogP contribution in [0.3, 0.4) is 0 Å². The molecule has 114 valence electrons. The van der Waals surface area contributed by atoms with E-state index >= 15 is 0 Å². The second-order valence-electron chi connectivity index (χ2n) is 7.20. The van der Waals surface area contributed by atoms with Crippen molar-refractivity contribution in [1.29, 1.82) is 0 Å². The molecule has 2 nitrogen and oxygen atoms in total. The molecule has 1 aliphatic rings. The predicted octanol–water partition coefficient (Wildman–Crippen LogP) is 3.90. The summed E-state index contributed by atoms with van der Waals surface area (Å²) in [6.45, 7) is 15.3. The highest BCUT2D eigenvalue weighted by atomic mass is 15.1. The van der Waals surface area contributed by atoms with E-state index in [0.29, 0.717) is 17.4 Å². The molecule has 1 saturated carbocycles. The summed E-state index contributed by atoms with van der Waals surface area (Å²) < 4.78 is 0. The van der Waals surface area contributed by atoms with E-state index in [-0.39, 0.29) is 0 Å². The zero-order valence-electron chi connectivity index (χ0n) is 13.9. The number of rotatable bonds is 7. The lowest BCUT2D eigenvalue weighted by Gasteiger charge is -2.43. The molecule has 0 aromatic rings. The van der Waals surface area contributed by atoms with Crippen LogP contribution in [0.4, 0.5) is 0 Å². The van der Waals surface area contributed by atoms with Crippen LogP contribution in [0.25, 0.3) is 0 Å². The fourth-order valence-corrected chi connectivity index (χ4v) is 3.59. The monoisotopic (exact) mass is 268 g/mol. The standard InChI is InChI=1S/C17H36N2/c1-6-14(7-2)12-19(8-3)13-15-10-9-11-17(4,5)16(15)18/h14-16H,6-13,18H2,1-5H3. The molecule has 0 aromatic carbocycles. The normalized spacial score (nSPS) is 27.2. The Balaban J connectivity index is 2.55. The third-order valence-corrected chi connectivity index (χ3v) is 5.42. The summed E-state index contributed by atoms with van der Waals surface area (Å²) in [4.78, 5) is 2.64. The summed E-state index contributed by atoms with van der Waals surface area (Å²) >= 11 is 0. The molecule has 0 radical (unpaired) electrons. The van der Waals surface area contributed by atoms with Crippen LogP contribution in [0.5, 0.6) is 0 Å². The first-order valence-electron chi connectivity index (χ1n) is 8.42.